The number of hydrogen-bond acceptors (Lipinski definition) is 4. The maximum absolute atomic E-state index is 11.8. The van der Waals surface area contributed by atoms with Crippen LogP contribution >= 0.6 is 11.6 Å². The number of hydrogen-bond donors (Lipinski definition) is 1. The summed E-state index contributed by atoms with van der Waals surface area (Å²) in [5, 5.41) is 13.5. The Hall–Kier alpha value is -1.69. The molecule has 7 heteroatoms. The van der Waals surface area contributed by atoms with Crippen LogP contribution in [0.5, 0.6) is 0 Å². The first-order valence-electron chi connectivity index (χ1n) is 5.18. The van der Waals surface area contributed by atoms with E-state index in [1.54, 1.807) is 0 Å². The van der Waals surface area contributed by atoms with E-state index in [2.05, 4.69) is 10.3 Å². The number of halogens is 1. The van der Waals surface area contributed by atoms with Gasteiger partial charge in [0.05, 0.1) is 4.92 Å². The molecule has 0 radical (unpaired) electrons. The first kappa shape index (κ1) is 11.8. The monoisotopic (exact) mass is 255 g/mol. The molecule has 0 bridgehead atoms. The lowest BCUT2D eigenvalue weighted by Gasteiger charge is -2.26. The Balaban J connectivity index is 2.25. The van der Waals surface area contributed by atoms with E-state index in [1.165, 1.54) is 6.07 Å². The van der Waals surface area contributed by atoms with E-state index in [-0.39, 0.29) is 22.4 Å². The highest BCUT2D eigenvalue weighted by molar-refractivity contribution is 6.29. The molecule has 1 saturated carbocycles. The molecular formula is C10H10ClN3O3. The number of rotatable bonds is 3. The van der Waals surface area contributed by atoms with Crippen LogP contribution < -0.4 is 5.32 Å². The van der Waals surface area contributed by atoms with Crippen LogP contribution in [0.2, 0.25) is 5.15 Å². The third kappa shape index (κ3) is 2.52. The number of nitrogens with zero attached hydrogens (tertiary/aromatic N) is 2. The van der Waals surface area contributed by atoms with Gasteiger partial charge in [-0.15, -0.1) is 0 Å². The molecule has 2 rings (SSSR count). The third-order valence-corrected chi connectivity index (χ3v) is 2.94. The van der Waals surface area contributed by atoms with Crippen LogP contribution in [0.3, 0.4) is 0 Å². The first-order chi connectivity index (χ1) is 8.08. The fraction of sp³-hybridized carbons (Fsp3) is 0.400. The number of amides is 1. The van der Waals surface area contributed by atoms with E-state index in [4.69, 9.17) is 11.6 Å². The van der Waals surface area contributed by atoms with E-state index in [9.17, 15) is 14.9 Å². The Bertz CT molecular complexity index is 474. The summed E-state index contributed by atoms with van der Waals surface area (Å²) in [4.78, 5) is 25.5. The zero-order valence-corrected chi connectivity index (χ0v) is 9.61. The van der Waals surface area contributed by atoms with Gasteiger partial charge in [0, 0.05) is 6.04 Å². The van der Waals surface area contributed by atoms with Gasteiger partial charge in [0.15, 0.2) is 0 Å². The quantitative estimate of drug-likeness (QED) is 0.508. The van der Waals surface area contributed by atoms with Crippen LogP contribution in [0.25, 0.3) is 0 Å². The molecular weight excluding hydrogens is 246 g/mol. The average Bonchev–Trinajstić information content (AvgIpc) is 2.22. The smallest absolute Gasteiger partial charge is 0.300 e. The van der Waals surface area contributed by atoms with E-state index in [0.29, 0.717) is 0 Å². The Morgan fingerprint density at radius 1 is 1.59 bits per heavy atom. The molecule has 0 aliphatic heterocycles. The minimum atomic E-state index is -0.640. The summed E-state index contributed by atoms with van der Waals surface area (Å²) in [6, 6.07) is 1.34. The second-order valence-corrected chi connectivity index (χ2v) is 4.27. The molecule has 90 valence electrons. The van der Waals surface area contributed by atoms with E-state index in [1.807, 2.05) is 0 Å². The standard InChI is InChI=1S/C10H10ClN3O3/c11-9-4-7(8(5-12-9)14(16)17)10(15)13-6-2-1-3-6/h4-6H,1-3H2,(H,13,15). The molecule has 1 aromatic heterocycles. The number of carbonyl (C=O) groups is 1. The Kier molecular flexibility index (Phi) is 3.23. The minimum absolute atomic E-state index is 0.0399. The molecule has 0 spiro atoms. The van der Waals surface area contributed by atoms with Crippen LogP contribution in [0.15, 0.2) is 12.3 Å². The van der Waals surface area contributed by atoms with Gasteiger partial charge < -0.3 is 5.32 Å². The molecule has 0 atom stereocenters. The van der Waals surface area contributed by atoms with Gasteiger partial charge in [-0.25, -0.2) is 4.98 Å². The fourth-order valence-electron chi connectivity index (χ4n) is 1.57. The maximum Gasteiger partial charge on any atom is 0.300 e. The molecule has 1 amide bonds. The van der Waals surface area contributed by atoms with Crippen molar-refractivity contribution in [3.05, 3.63) is 33.1 Å². The predicted molar refractivity (Wildman–Crippen MR) is 61.0 cm³/mol. The summed E-state index contributed by atoms with van der Waals surface area (Å²) in [7, 11) is 0. The van der Waals surface area contributed by atoms with Crippen molar-refractivity contribution in [2.75, 3.05) is 0 Å². The van der Waals surface area contributed by atoms with Crippen LogP contribution in [-0.2, 0) is 0 Å². The highest BCUT2D eigenvalue weighted by Crippen LogP contribution is 2.23. The molecule has 0 unspecified atom stereocenters. The fourth-order valence-corrected chi connectivity index (χ4v) is 1.72. The Morgan fingerprint density at radius 3 is 2.82 bits per heavy atom. The van der Waals surface area contributed by atoms with Gasteiger partial charge in [0.1, 0.15) is 16.9 Å². The SMILES string of the molecule is O=C(NC1CCC1)c1cc(Cl)ncc1[N+](=O)[O-]. The lowest BCUT2D eigenvalue weighted by molar-refractivity contribution is -0.385. The van der Waals surface area contributed by atoms with Gasteiger partial charge in [-0.2, -0.15) is 0 Å². The second kappa shape index (κ2) is 4.67. The van der Waals surface area contributed by atoms with E-state index < -0.39 is 10.8 Å². The van der Waals surface area contributed by atoms with Crippen molar-refractivity contribution in [1.29, 1.82) is 0 Å². The first-order valence-corrected chi connectivity index (χ1v) is 5.56. The second-order valence-electron chi connectivity index (χ2n) is 3.88. The van der Waals surface area contributed by atoms with Crippen LogP contribution in [0.4, 0.5) is 5.69 Å². The van der Waals surface area contributed by atoms with Gasteiger partial charge in [0.2, 0.25) is 0 Å². The van der Waals surface area contributed by atoms with Gasteiger partial charge in [-0.1, -0.05) is 11.6 Å². The van der Waals surface area contributed by atoms with E-state index >= 15 is 0 Å². The number of nitro groups is 1. The van der Waals surface area contributed by atoms with Crippen molar-refractivity contribution >= 4 is 23.2 Å². The normalized spacial score (nSPS) is 15.1. The highest BCUT2D eigenvalue weighted by atomic mass is 35.5. The number of nitrogens with one attached hydrogen (secondary N) is 1. The van der Waals surface area contributed by atoms with Crippen molar-refractivity contribution in [3.8, 4) is 0 Å². The molecule has 1 aliphatic rings. The predicted octanol–water partition coefficient (Wildman–Crippen LogP) is 1.93. The Labute approximate surface area is 102 Å². The molecule has 1 N–H and O–H groups in total. The number of aromatic nitrogens is 1. The number of pyridine rings is 1. The van der Waals surface area contributed by atoms with E-state index in [0.717, 1.165) is 25.5 Å². The lowest BCUT2D eigenvalue weighted by Crippen LogP contribution is -2.39. The molecule has 1 aromatic rings. The zero-order valence-electron chi connectivity index (χ0n) is 8.85. The molecule has 1 fully saturated rings. The molecule has 1 aliphatic carbocycles. The summed E-state index contributed by atoms with van der Waals surface area (Å²) in [6.07, 6.45) is 3.90. The summed E-state index contributed by atoms with van der Waals surface area (Å²) in [5.41, 5.74) is -0.367. The van der Waals surface area contributed by atoms with Crippen molar-refractivity contribution in [1.82, 2.24) is 10.3 Å². The summed E-state index contributed by atoms with van der Waals surface area (Å²) in [5.74, 6) is -0.467. The number of carbonyl (C=O) groups excluding carboxylic acids is 1. The molecule has 1 heterocycles. The molecule has 0 aromatic carbocycles. The van der Waals surface area contributed by atoms with Gasteiger partial charge in [-0.3, -0.25) is 14.9 Å². The average molecular weight is 256 g/mol. The molecule has 6 nitrogen and oxygen atoms in total. The zero-order chi connectivity index (χ0) is 12.4. The van der Waals surface area contributed by atoms with Crippen molar-refractivity contribution in [3.63, 3.8) is 0 Å². The van der Waals surface area contributed by atoms with Crippen molar-refractivity contribution < 1.29 is 9.72 Å². The van der Waals surface area contributed by atoms with Crippen molar-refractivity contribution in [2.24, 2.45) is 0 Å². The Morgan fingerprint density at radius 2 is 2.29 bits per heavy atom. The van der Waals surface area contributed by atoms with Crippen LogP contribution in [0.1, 0.15) is 29.6 Å². The minimum Gasteiger partial charge on any atom is -0.349 e. The van der Waals surface area contributed by atoms with Crippen LogP contribution in [0, 0.1) is 10.1 Å². The maximum atomic E-state index is 11.8. The van der Waals surface area contributed by atoms with Crippen LogP contribution in [-0.4, -0.2) is 21.9 Å². The summed E-state index contributed by atoms with van der Waals surface area (Å²) in [6.45, 7) is 0. The third-order valence-electron chi connectivity index (χ3n) is 2.73. The highest BCUT2D eigenvalue weighted by Gasteiger charge is 2.25. The molecule has 17 heavy (non-hydrogen) atoms. The van der Waals surface area contributed by atoms with Gasteiger partial charge in [-0.05, 0) is 25.3 Å². The topological polar surface area (TPSA) is 85.1 Å². The summed E-state index contributed by atoms with van der Waals surface area (Å²) < 4.78 is 0. The van der Waals surface area contributed by atoms with Gasteiger partial charge in [0.25, 0.3) is 11.6 Å². The van der Waals surface area contributed by atoms with Gasteiger partial charge >= 0.3 is 0 Å². The lowest BCUT2D eigenvalue weighted by atomic mass is 9.93. The summed E-state index contributed by atoms with van der Waals surface area (Å²) >= 11 is 5.64. The van der Waals surface area contributed by atoms with Crippen molar-refractivity contribution in [2.45, 2.75) is 25.3 Å². The largest absolute Gasteiger partial charge is 0.349 e. The molecule has 0 saturated heterocycles.